The third kappa shape index (κ3) is 54.4. The van der Waals surface area contributed by atoms with Crippen molar-refractivity contribution in [3.63, 3.8) is 0 Å². The molecule has 8 N–H and O–H groups in total. The van der Waals surface area contributed by atoms with E-state index in [0.717, 1.165) is 91.1 Å². The van der Waals surface area contributed by atoms with Gasteiger partial charge in [-0.15, -0.1) is 0 Å². The van der Waals surface area contributed by atoms with Crippen LogP contribution in [0.3, 0.4) is 0 Å². The van der Waals surface area contributed by atoms with E-state index in [0.29, 0.717) is 51.9 Å². The zero-order valence-corrected chi connectivity index (χ0v) is 46.8. The minimum absolute atomic E-state index is 0.0509. The van der Waals surface area contributed by atoms with Crippen LogP contribution < -0.4 is 42.5 Å². The highest BCUT2D eigenvalue weighted by molar-refractivity contribution is 5.87. The fraction of sp³-hybridized carbons (Fsp3) is 0.965. The zero-order valence-electron chi connectivity index (χ0n) is 46.8. The van der Waals surface area contributed by atoms with Gasteiger partial charge in [0.2, 0.25) is 11.8 Å². The molecule has 1 unspecified atom stereocenters. The van der Waals surface area contributed by atoms with Gasteiger partial charge in [0.15, 0.2) is 0 Å². The van der Waals surface area contributed by atoms with E-state index in [4.69, 9.17) is 14.2 Å². The lowest BCUT2D eigenvalue weighted by Crippen LogP contribution is -2.47. The molecule has 13 heteroatoms. The fourth-order valence-corrected chi connectivity index (χ4v) is 8.93. The monoisotopic (exact) mass is 997 g/mol. The molecule has 0 aromatic rings. The summed E-state index contributed by atoms with van der Waals surface area (Å²) in [6.07, 6.45) is 40.6. The molecule has 0 aliphatic heterocycles. The van der Waals surface area contributed by atoms with Gasteiger partial charge in [0, 0.05) is 20.1 Å². The number of unbranched alkanes of at least 4 members (excludes halogenated alkanes) is 24. The van der Waals surface area contributed by atoms with E-state index in [1.54, 1.807) is 7.11 Å². The number of ether oxygens (including phenoxy) is 3. The summed E-state index contributed by atoms with van der Waals surface area (Å²) in [6.45, 7) is 16.0. The SMILES string of the molecule is CCCCCCCCCCCCCCCCCCCCCCC(NC(=O)CCOCCOCCOC)C(=O)NCCCCCCC(CNCCCCNCCCNC)CNCCCCNCCCNC. The van der Waals surface area contributed by atoms with E-state index < -0.39 is 6.04 Å². The highest BCUT2D eigenvalue weighted by Gasteiger charge is 2.20. The Balaban J connectivity index is 4.57. The number of rotatable bonds is 61. The van der Waals surface area contributed by atoms with Gasteiger partial charge in [-0.25, -0.2) is 0 Å². The highest BCUT2D eigenvalue weighted by Crippen LogP contribution is 2.16. The average molecular weight is 998 g/mol. The molecule has 0 radical (unpaired) electrons. The summed E-state index contributed by atoms with van der Waals surface area (Å²) >= 11 is 0. The quantitative estimate of drug-likeness (QED) is 0.0275. The zero-order chi connectivity index (χ0) is 50.7. The number of hydrogen-bond donors (Lipinski definition) is 8. The van der Waals surface area contributed by atoms with Gasteiger partial charge in [-0.3, -0.25) is 9.59 Å². The Morgan fingerprint density at radius 1 is 0.400 bits per heavy atom. The summed E-state index contributed by atoms with van der Waals surface area (Å²) in [5, 5.41) is 27.3. The van der Waals surface area contributed by atoms with Crippen molar-refractivity contribution in [3.05, 3.63) is 0 Å². The summed E-state index contributed by atoms with van der Waals surface area (Å²) in [5.74, 6) is 0.439. The maximum atomic E-state index is 13.5. The molecule has 2 amide bonds. The smallest absolute Gasteiger partial charge is 0.242 e. The molecule has 13 nitrogen and oxygen atoms in total. The van der Waals surface area contributed by atoms with Crippen LogP contribution in [0.1, 0.15) is 219 Å². The molecule has 1 atom stereocenters. The van der Waals surface area contributed by atoms with Crippen LogP contribution in [0.2, 0.25) is 0 Å². The third-order valence-corrected chi connectivity index (χ3v) is 13.5. The molecule has 0 fully saturated rings. The van der Waals surface area contributed by atoms with Gasteiger partial charge in [0.25, 0.3) is 0 Å². The van der Waals surface area contributed by atoms with Gasteiger partial charge in [0.1, 0.15) is 6.04 Å². The summed E-state index contributed by atoms with van der Waals surface area (Å²) in [4.78, 5) is 26.4. The van der Waals surface area contributed by atoms with E-state index in [9.17, 15) is 9.59 Å². The Morgan fingerprint density at radius 2 is 0.786 bits per heavy atom. The van der Waals surface area contributed by atoms with Crippen LogP contribution in [0, 0.1) is 5.92 Å². The maximum absolute atomic E-state index is 13.5. The Hall–Kier alpha value is -1.42. The third-order valence-electron chi connectivity index (χ3n) is 13.5. The molecule has 0 heterocycles. The van der Waals surface area contributed by atoms with Crippen molar-refractivity contribution >= 4 is 11.8 Å². The minimum atomic E-state index is -0.500. The van der Waals surface area contributed by atoms with E-state index in [1.165, 1.54) is 173 Å². The second kappa shape index (κ2) is 60.1. The minimum Gasteiger partial charge on any atom is -0.382 e. The largest absolute Gasteiger partial charge is 0.382 e. The number of carbonyl (C=O) groups excluding carboxylic acids is 2. The van der Waals surface area contributed by atoms with Crippen molar-refractivity contribution in [1.82, 2.24) is 42.5 Å². The summed E-state index contributed by atoms with van der Waals surface area (Å²) in [7, 11) is 5.67. The molecule has 0 saturated carbocycles. The summed E-state index contributed by atoms with van der Waals surface area (Å²) in [5.41, 5.74) is 0. The molecule has 0 aliphatic rings. The van der Waals surface area contributed by atoms with Gasteiger partial charge in [-0.05, 0) is 143 Å². The first-order chi connectivity index (χ1) is 34.6. The Bertz CT molecular complexity index is 1010. The molecule has 0 saturated heterocycles. The molecule has 418 valence electrons. The molecular formula is C57H120N8O5. The molecule has 0 spiro atoms. The molecule has 0 aromatic heterocycles. The Morgan fingerprint density at radius 3 is 1.26 bits per heavy atom. The van der Waals surface area contributed by atoms with Crippen LogP contribution in [-0.4, -0.2) is 144 Å². The number of carbonyl (C=O) groups is 2. The average Bonchev–Trinajstić information content (AvgIpc) is 3.36. The van der Waals surface area contributed by atoms with Gasteiger partial charge in [0.05, 0.1) is 33.0 Å². The standard InChI is InChI=1S/C57H120N8O5/c1-5-6-7-8-9-10-11-12-13-14-15-16-17-18-19-20-21-22-23-27-36-55(65-56(66)37-47-69-50-51-70-49-48-68-4)57(67)64-46-28-25-24-26-35-54(52-62-42-31-29-40-60-44-33-38-58-2)53-63-43-32-30-41-61-45-34-39-59-3/h54-55,58-63H,5-53H2,1-4H3,(H,64,67)(H,65,66). The lowest BCUT2D eigenvalue weighted by molar-refractivity contribution is -0.129. The Kier molecular flexibility index (Phi) is 58.9. The number of methoxy groups -OCH3 is 1. The van der Waals surface area contributed by atoms with Crippen molar-refractivity contribution in [1.29, 1.82) is 0 Å². The fourth-order valence-electron chi connectivity index (χ4n) is 8.93. The molecule has 0 aromatic carbocycles. The first kappa shape index (κ1) is 68.6. The van der Waals surface area contributed by atoms with Crippen LogP contribution in [-0.2, 0) is 23.8 Å². The van der Waals surface area contributed by atoms with Crippen LogP contribution in [0.4, 0.5) is 0 Å². The van der Waals surface area contributed by atoms with E-state index >= 15 is 0 Å². The van der Waals surface area contributed by atoms with E-state index in [-0.39, 0.29) is 18.2 Å². The molecule has 70 heavy (non-hydrogen) atoms. The van der Waals surface area contributed by atoms with Crippen molar-refractivity contribution < 1.29 is 23.8 Å². The molecule has 0 aliphatic carbocycles. The molecular weight excluding hydrogens is 877 g/mol. The van der Waals surface area contributed by atoms with E-state index in [2.05, 4.69) is 49.5 Å². The summed E-state index contributed by atoms with van der Waals surface area (Å²) < 4.78 is 16.1. The highest BCUT2D eigenvalue weighted by atomic mass is 16.5. The molecule has 0 bridgehead atoms. The van der Waals surface area contributed by atoms with Gasteiger partial charge < -0.3 is 56.7 Å². The lowest BCUT2D eigenvalue weighted by atomic mass is 10.00. The van der Waals surface area contributed by atoms with Crippen molar-refractivity contribution in [2.45, 2.75) is 225 Å². The number of amides is 2. The lowest BCUT2D eigenvalue weighted by Gasteiger charge is -2.19. The van der Waals surface area contributed by atoms with Crippen LogP contribution in [0.5, 0.6) is 0 Å². The van der Waals surface area contributed by atoms with Gasteiger partial charge in [-0.2, -0.15) is 0 Å². The van der Waals surface area contributed by atoms with Crippen molar-refractivity contribution in [2.75, 3.05) is 126 Å². The van der Waals surface area contributed by atoms with Gasteiger partial charge >= 0.3 is 0 Å². The molecule has 0 rings (SSSR count). The first-order valence-corrected chi connectivity index (χ1v) is 29.9. The second-order valence-corrected chi connectivity index (χ2v) is 20.2. The predicted octanol–water partition coefficient (Wildman–Crippen LogP) is 9.57. The number of hydrogen-bond acceptors (Lipinski definition) is 11. The normalized spacial score (nSPS) is 12.1. The van der Waals surface area contributed by atoms with Crippen molar-refractivity contribution in [2.24, 2.45) is 5.92 Å². The van der Waals surface area contributed by atoms with Gasteiger partial charge in [-0.1, -0.05) is 155 Å². The predicted molar refractivity (Wildman–Crippen MR) is 299 cm³/mol. The van der Waals surface area contributed by atoms with Crippen LogP contribution >= 0.6 is 0 Å². The number of nitrogens with one attached hydrogen (secondary N) is 8. The summed E-state index contributed by atoms with van der Waals surface area (Å²) in [6, 6.07) is -0.500. The van der Waals surface area contributed by atoms with E-state index in [1.807, 2.05) is 14.1 Å². The Labute approximate surface area is 433 Å². The van der Waals surface area contributed by atoms with Crippen LogP contribution in [0.25, 0.3) is 0 Å². The van der Waals surface area contributed by atoms with Crippen molar-refractivity contribution in [3.8, 4) is 0 Å². The topological polar surface area (TPSA) is 158 Å². The maximum Gasteiger partial charge on any atom is 0.242 e. The first-order valence-electron chi connectivity index (χ1n) is 29.9. The second-order valence-electron chi connectivity index (χ2n) is 20.2. The van der Waals surface area contributed by atoms with Crippen LogP contribution in [0.15, 0.2) is 0 Å².